The molecule has 0 spiro atoms. The standard InChI is InChI=1S/2C12H10/c2*1-2-10-7-5-8-11-6-3-4-9-12(10)11/h2*2-9H,1H2. The maximum absolute atomic E-state index is 3.78. The van der Waals surface area contributed by atoms with Gasteiger partial charge in [0, 0.05) is 0 Å². The molecule has 0 aliphatic heterocycles. The second-order valence-electron chi connectivity index (χ2n) is 5.54. The van der Waals surface area contributed by atoms with Crippen LogP contribution in [-0.2, 0) is 0 Å². The van der Waals surface area contributed by atoms with Crippen LogP contribution >= 0.6 is 0 Å². The molecule has 0 atom stereocenters. The fraction of sp³-hybridized carbons (Fsp3) is 0. The minimum Gasteiger partial charge on any atom is -0.0984 e. The van der Waals surface area contributed by atoms with Crippen LogP contribution < -0.4 is 0 Å². The van der Waals surface area contributed by atoms with Crippen molar-refractivity contribution >= 4 is 33.7 Å². The molecule has 0 nitrogen and oxygen atoms in total. The van der Waals surface area contributed by atoms with Crippen LogP contribution in [0.4, 0.5) is 0 Å². The van der Waals surface area contributed by atoms with Gasteiger partial charge in [-0.15, -0.1) is 0 Å². The van der Waals surface area contributed by atoms with E-state index in [4.69, 9.17) is 0 Å². The second-order valence-corrected chi connectivity index (χ2v) is 5.54. The van der Waals surface area contributed by atoms with E-state index in [1.807, 2.05) is 12.2 Å². The van der Waals surface area contributed by atoms with Crippen molar-refractivity contribution in [1.82, 2.24) is 0 Å². The average Bonchev–Trinajstić information content (AvgIpc) is 2.67. The fourth-order valence-electron chi connectivity index (χ4n) is 2.86. The summed E-state index contributed by atoms with van der Waals surface area (Å²) in [4.78, 5) is 0. The third-order valence-electron chi connectivity index (χ3n) is 4.09. The van der Waals surface area contributed by atoms with Gasteiger partial charge in [0.15, 0.2) is 0 Å². The van der Waals surface area contributed by atoms with Crippen LogP contribution in [0.3, 0.4) is 0 Å². The molecule has 0 aliphatic rings. The molecular weight excluding hydrogens is 288 g/mol. The largest absolute Gasteiger partial charge is 0.0984 e. The highest BCUT2D eigenvalue weighted by Gasteiger charge is 1.94. The third kappa shape index (κ3) is 3.28. The lowest BCUT2D eigenvalue weighted by molar-refractivity contribution is 1.72. The third-order valence-corrected chi connectivity index (χ3v) is 4.09. The van der Waals surface area contributed by atoms with Crippen LogP contribution in [-0.4, -0.2) is 0 Å². The van der Waals surface area contributed by atoms with Gasteiger partial charge in [0.25, 0.3) is 0 Å². The number of rotatable bonds is 2. The van der Waals surface area contributed by atoms with Gasteiger partial charge in [0.1, 0.15) is 0 Å². The second kappa shape index (κ2) is 7.43. The van der Waals surface area contributed by atoms with E-state index >= 15 is 0 Å². The van der Waals surface area contributed by atoms with E-state index < -0.39 is 0 Å². The fourth-order valence-corrected chi connectivity index (χ4v) is 2.86. The molecule has 0 aromatic heterocycles. The summed E-state index contributed by atoms with van der Waals surface area (Å²) in [6.45, 7) is 7.56. The monoisotopic (exact) mass is 308 g/mol. The molecule has 0 aliphatic carbocycles. The average molecular weight is 308 g/mol. The van der Waals surface area contributed by atoms with Crippen LogP contribution in [0, 0.1) is 0 Å². The molecule has 0 N–H and O–H groups in total. The Bertz CT molecular complexity index is 899. The van der Waals surface area contributed by atoms with Crippen molar-refractivity contribution in [2.45, 2.75) is 0 Å². The molecule has 0 unspecified atom stereocenters. The lowest BCUT2D eigenvalue weighted by Gasteiger charge is -1.99. The van der Waals surface area contributed by atoms with Gasteiger partial charge in [-0.1, -0.05) is 110 Å². The van der Waals surface area contributed by atoms with Gasteiger partial charge in [-0.2, -0.15) is 0 Å². The van der Waals surface area contributed by atoms with E-state index in [2.05, 4.69) is 98.1 Å². The summed E-state index contributed by atoms with van der Waals surface area (Å²) in [6.07, 6.45) is 3.78. The normalized spacial score (nSPS) is 10.0. The van der Waals surface area contributed by atoms with Gasteiger partial charge in [0.05, 0.1) is 0 Å². The van der Waals surface area contributed by atoms with Crippen LogP contribution in [0.1, 0.15) is 11.1 Å². The smallest absolute Gasteiger partial charge is 0.0112 e. The first kappa shape index (κ1) is 15.8. The summed E-state index contributed by atoms with van der Waals surface area (Å²) in [5.41, 5.74) is 2.40. The van der Waals surface area contributed by atoms with Gasteiger partial charge in [-0.3, -0.25) is 0 Å². The van der Waals surface area contributed by atoms with Gasteiger partial charge in [-0.05, 0) is 32.7 Å². The van der Waals surface area contributed by atoms with Crippen LogP contribution in [0.2, 0.25) is 0 Å². The van der Waals surface area contributed by atoms with Gasteiger partial charge in [-0.25, -0.2) is 0 Å². The predicted molar refractivity (Wildman–Crippen MR) is 108 cm³/mol. The quantitative estimate of drug-likeness (QED) is 0.375. The number of hydrogen-bond acceptors (Lipinski definition) is 0. The Labute approximate surface area is 143 Å². The molecule has 0 heterocycles. The lowest BCUT2D eigenvalue weighted by atomic mass is 10.1. The molecule has 0 radical (unpaired) electrons. The molecular formula is C24H20. The maximum atomic E-state index is 3.78. The highest BCUT2D eigenvalue weighted by atomic mass is 14.0. The Morgan fingerprint density at radius 1 is 0.458 bits per heavy atom. The van der Waals surface area contributed by atoms with E-state index in [1.165, 1.54) is 32.7 Å². The molecule has 4 rings (SSSR count). The molecule has 4 aromatic carbocycles. The molecule has 0 saturated heterocycles. The molecule has 0 heteroatoms. The zero-order chi connectivity index (χ0) is 16.8. The molecule has 0 saturated carbocycles. The Morgan fingerprint density at radius 3 is 1.25 bits per heavy atom. The van der Waals surface area contributed by atoms with Crippen molar-refractivity contribution in [2.75, 3.05) is 0 Å². The van der Waals surface area contributed by atoms with Gasteiger partial charge in [0.2, 0.25) is 0 Å². The molecule has 4 aromatic rings. The topological polar surface area (TPSA) is 0 Å². The first-order valence-corrected chi connectivity index (χ1v) is 8.04. The number of fused-ring (bicyclic) bond motifs is 2. The summed E-state index contributed by atoms with van der Waals surface area (Å²) in [5.74, 6) is 0. The summed E-state index contributed by atoms with van der Waals surface area (Å²) < 4.78 is 0. The highest BCUT2D eigenvalue weighted by Crippen LogP contribution is 2.19. The molecule has 24 heavy (non-hydrogen) atoms. The van der Waals surface area contributed by atoms with Crippen molar-refractivity contribution in [3.05, 3.63) is 109 Å². The summed E-state index contributed by atoms with van der Waals surface area (Å²) in [6, 6.07) is 29.2. The summed E-state index contributed by atoms with van der Waals surface area (Å²) in [7, 11) is 0. The van der Waals surface area contributed by atoms with Crippen LogP contribution in [0.25, 0.3) is 33.7 Å². The SMILES string of the molecule is C=Cc1cccc2ccccc12.C=Cc1cccc2ccccc12. The minimum absolute atomic E-state index is 1.20. The predicted octanol–water partition coefficient (Wildman–Crippen LogP) is 6.97. The van der Waals surface area contributed by atoms with E-state index in [1.54, 1.807) is 0 Å². The first-order valence-electron chi connectivity index (χ1n) is 8.04. The van der Waals surface area contributed by atoms with E-state index in [0.29, 0.717) is 0 Å². The van der Waals surface area contributed by atoms with Crippen LogP contribution in [0.15, 0.2) is 98.1 Å². The van der Waals surface area contributed by atoms with Crippen molar-refractivity contribution in [2.24, 2.45) is 0 Å². The van der Waals surface area contributed by atoms with Crippen molar-refractivity contribution in [3.8, 4) is 0 Å². The highest BCUT2D eigenvalue weighted by molar-refractivity contribution is 5.91. The Morgan fingerprint density at radius 2 is 0.833 bits per heavy atom. The summed E-state index contributed by atoms with van der Waals surface area (Å²) >= 11 is 0. The van der Waals surface area contributed by atoms with Crippen LogP contribution in [0.5, 0.6) is 0 Å². The van der Waals surface area contributed by atoms with Gasteiger partial charge >= 0.3 is 0 Å². The van der Waals surface area contributed by atoms with Crippen molar-refractivity contribution < 1.29 is 0 Å². The molecule has 0 bridgehead atoms. The zero-order valence-corrected chi connectivity index (χ0v) is 13.7. The molecule has 0 amide bonds. The number of hydrogen-bond donors (Lipinski definition) is 0. The summed E-state index contributed by atoms with van der Waals surface area (Å²) in [5, 5.41) is 5.09. The molecule has 0 fully saturated rings. The Kier molecular flexibility index (Phi) is 4.88. The van der Waals surface area contributed by atoms with E-state index in [0.717, 1.165) is 0 Å². The van der Waals surface area contributed by atoms with Crippen molar-refractivity contribution in [3.63, 3.8) is 0 Å². The zero-order valence-electron chi connectivity index (χ0n) is 13.7. The Hall–Kier alpha value is -3.12. The lowest BCUT2D eigenvalue weighted by Crippen LogP contribution is -1.75. The maximum Gasteiger partial charge on any atom is -0.0112 e. The van der Waals surface area contributed by atoms with Crippen molar-refractivity contribution in [1.29, 1.82) is 0 Å². The van der Waals surface area contributed by atoms with E-state index in [-0.39, 0.29) is 0 Å². The molecule has 116 valence electrons. The minimum atomic E-state index is 1.20. The Balaban J connectivity index is 0.000000141. The first-order chi connectivity index (χ1) is 11.8. The van der Waals surface area contributed by atoms with E-state index in [9.17, 15) is 0 Å². The number of benzene rings is 4. The van der Waals surface area contributed by atoms with Gasteiger partial charge < -0.3 is 0 Å².